The average molecular weight is 221 g/mol. The Morgan fingerprint density at radius 1 is 1.50 bits per heavy atom. The fourth-order valence-corrected chi connectivity index (χ4v) is 1.60. The van der Waals surface area contributed by atoms with Gasteiger partial charge in [0.1, 0.15) is 5.60 Å². The topological polar surface area (TPSA) is 55.6 Å². The molecule has 0 radical (unpaired) electrons. The first-order valence-electron chi connectivity index (χ1n) is 5.09. The molecule has 88 valence electrons. The Labute approximate surface area is 96.6 Å². The number of carbonyl (C=O) groups excluding carboxylic acids is 1. The third-order valence-electron chi connectivity index (χ3n) is 2.73. The molecule has 0 saturated carbocycles. The van der Waals surface area contributed by atoms with Crippen LogP contribution in [-0.2, 0) is 16.0 Å². The molecule has 0 unspecified atom stereocenters. The number of epoxide rings is 1. The van der Waals surface area contributed by atoms with Crippen LogP contribution in [0.25, 0.3) is 0 Å². The van der Waals surface area contributed by atoms with Crippen molar-refractivity contribution in [3.8, 4) is 0 Å². The summed E-state index contributed by atoms with van der Waals surface area (Å²) in [6.07, 6.45) is 0.582. The molecule has 0 amide bonds. The van der Waals surface area contributed by atoms with E-state index in [1.807, 2.05) is 30.3 Å². The Bertz CT molecular complexity index is 357. The summed E-state index contributed by atoms with van der Waals surface area (Å²) in [5.41, 5.74) is 6.33. The third-order valence-corrected chi connectivity index (χ3v) is 2.73. The van der Waals surface area contributed by atoms with Gasteiger partial charge in [-0.1, -0.05) is 37.8 Å². The molecule has 1 aliphatic rings. The van der Waals surface area contributed by atoms with E-state index in [9.17, 15) is 4.79 Å². The standard InChI is InChI=1S/C12H15NO2.CH4/c1-12(8-15-12)11(14)10(13)7-9-5-3-2-4-6-9;/h2-6,10H,7-8,13H2,1H3;1H4/t10-,12+;/m0./s1. The number of hydrogen-bond acceptors (Lipinski definition) is 3. The molecule has 16 heavy (non-hydrogen) atoms. The average Bonchev–Trinajstić information content (AvgIpc) is 2.98. The van der Waals surface area contributed by atoms with E-state index >= 15 is 0 Å². The first kappa shape index (κ1) is 12.9. The summed E-state index contributed by atoms with van der Waals surface area (Å²) in [7, 11) is 0. The summed E-state index contributed by atoms with van der Waals surface area (Å²) in [6.45, 7) is 2.30. The van der Waals surface area contributed by atoms with Crippen LogP contribution in [0.2, 0.25) is 0 Å². The molecule has 0 spiro atoms. The number of ketones is 1. The normalized spacial score (nSPS) is 24.4. The minimum atomic E-state index is -0.603. The summed E-state index contributed by atoms with van der Waals surface area (Å²) >= 11 is 0. The van der Waals surface area contributed by atoms with Gasteiger partial charge in [-0.25, -0.2) is 0 Å². The van der Waals surface area contributed by atoms with Gasteiger partial charge in [-0.05, 0) is 18.9 Å². The van der Waals surface area contributed by atoms with Crippen molar-refractivity contribution in [1.29, 1.82) is 0 Å². The lowest BCUT2D eigenvalue weighted by Crippen LogP contribution is -2.40. The number of nitrogens with two attached hydrogens (primary N) is 1. The molecule has 2 rings (SSSR count). The van der Waals surface area contributed by atoms with Crippen LogP contribution in [0.3, 0.4) is 0 Å². The molecule has 1 aliphatic heterocycles. The van der Waals surface area contributed by atoms with Gasteiger partial charge in [0, 0.05) is 0 Å². The number of rotatable bonds is 4. The number of Topliss-reactive ketones (excluding diaryl/α,β-unsaturated/α-hetero) is 1. The zero-order chi connectivity index (χ0) is 10.9. The van der Waals surface area contributed by atoms with E-state index < -0.39 is 11.6 Å². The van der Waals surface area contributed by atoms with Crippen LogP contribution in [0.1, 0.15) is 19.9 Å². The van der Waals surface area contributed by atoms with E-state index in [0.29, 0.717) is 13.0 Å². The van der Waals surface area contributed by atoms with Gasteiger partial charge in [0.15, 0.2) is 5.78 Å². The fourth-order valence-electron chi connectivity index (χ4n) is 1.60. The Kier molecular flexibility index (Phi) is 3.83. The zero-order valence-corrected chi connectivity index (χ0v) is 8.77. The van der Waals surface area contributed by atoms with E-state index in [0.717, 1.165) is 5.56 Å². The van der Waals surface area contributed by atoms with E-state index in [2.05, 4.69) is 0 Å². The number of ether oxygens (including phenoxy) is 1. The summed E-state index contributed by atoms with van der Waals surface area (Å²) in [5.74, 6) is 0.00588. The van der Waals surface area contributed by atoms with Gasteiger partial charge in [0.05, 0.1) is 12.6 Å². The summed E-state index contributed by atoms with van der Waals surface area (Å²) in [6, 6.07) is 9.33. The fraction of sp³-hybridized carbons (Fsp3) is 0.462. The molecule has 2 N–H and O–H groups in total. The van der Waals surface area contributed by atoms with Crippen LogP contribution in [0.4, 0.5) is 0 Å². The zero-order valence-electron chi connectivity index (χ0n) is 8.77. The Hall–Kier alpha value is -1.19. The third kappa shape index (κ3) is 2.68. The molecule has 1 heterocycles. The van der Waals surface area contributed by atoms with Gasteiger partial charge in [-0.15, -0.1) is 0 Å². The molecule has 0 bridgehead atoms. The van der Waals surface area contributed by atoms with Gasteiger partial charge in [0.2, 0.25) is 0 Å². The van der Waals surface area contributed by atoms with Crippen molar-refractivity contribution in [2.24, 2.45) is 5.73 Å². The molecule has 1 aromatic carbocycles. The van der Waals surface area contributed by atoms with E-state index in [1.54, 1.807) is 6.92 Å². The van der Waals surface area contributed by atoms with Crippen molar-refractivity contribution in [2.45, 2.75) is 32.4 Å². The lowest BCUT2D eigenvalue weighted by molar-refractivity contribution is -0.124. The second kappa shape index (κ2) is 4.76. The molecular weight excluding hydrogens is 202 g/mol. The molecule has 1 aromatic rings. The maximum atomic E-state index is 11.8. The molecule has 2 atom stereocenters. The van der Waals surface area contributed by atoms with E-state index in [4.69, 9.17) is 10.5 Å². The minimum absolute atomic E-state index is 0. The Morgan fingerprint density at radius 2 is 2.06 bits per heavy atom. The number of benzene rings is 1. The highest BCUT2D eigenvalue weighted by molar-refractivity contribution is 5.93. The molecule has 1 fully saturated rings. The monoisotopic (exact) mass is 221 g/mol. The minimum Gasteiger partial charge on any atom is -0.362 e. The number of hydrogen-bond donors (Lipinski definition) is 1. The molecule has 1 saturated heterocycles. The molecular formula is C13H19NO2. The maximum Gasteiger partial charge on any atom is 0.183 e. The van der Waals surface area contributed by atoms with Crippen molar-refractivity contribution in [1.82, 2.24) is 0 Å². The highest BCUT2D eigenvalue weighted by Crippen LogP contribution is 2.28. The largest absolute Gasteiger partial charge is 0.362 e. The van der Waals surface area contributed by atoms with Gasteiger partial charge in [-0.3, -0.25) is 4.79 Å². The predicted octanol–water partition coefficient (Wildman–Crippen LogP) is 1.55. The SMILES string of the molecule is C.C[C@]1(C(=O)[C@@H](N)Cc2ccccc2)CO1. The first-order chi connectivity index (χ1) is 7.12. The van der Waals surface area contributed by atoms with Crippen LogP contribution in [0.15, 0.2) is 30.3 Å². The first-order valence-corrected chi connectivity index (χ1v) is 5.09. The second-order valence-corrected chi connectivity index (χ2v) is 4.18. The second-order valence-electron chi connectivity index (χ2n) is 4.18. The van der Waals surface area contributed by atoms with Gasteiger partial charge in [0.25, 0.3) is 0 Å². The van der Waals surface area contributed by atoms with Crippen LogP contribution >= 0.6 is 0 Å². The summed E-state index contributed by atoms with van der Waals surface area (Å²) in [5, 5.41) is 0. The number of carbonyl (C=O) groups is 1. The van der Waals surface area contributed by atoms with Gasteiger partial charge >= 0.3 is 0 Å². The molecule has 0 aromatic heterocycles. The van der Waals surface area contributed by atoms with Crippen molar-refractivity contribution in [2.75, 3.05) is 6.61 Å². The van der Waals surface area contributed by atoms with Crippen molar-refractivity contribution in [3.05, 3.63) is 35.9 Å². The quantitative estimate of drug-likeness (QED) is 0.785. The van der Waals surface area contributed by atoms with Crippen LogP contribution in [0, 0.1) is 0 Å². The van der Waals surface area contributed by atoms with Crippen LogP contribution in [0.5, 0.6) is 0 Å². The van der Waals surface area contributed by atoms with E-state index in [-0.39, 0.29) is 13.2 Å². The highest BCUT2D eigenvalue weighted by Gasteiger charge is 2.48. The molecule has 0 aliphatic carbocycles. The van der Waals surface area contributed by atoms with Gasteiger partial charge in [-0.2, -0.15) is 0 Å². The lowest BCUT2D eigenvalue weighted by Gasteiger charge is -2.12. The van der Waals surface area contributed by atoms with E-state index in [1.165, 1.54) is 0 Å². The van der Waals surface area contributed by atoms with Gasteiger partial charge < -0.3 is 10.5 Å². The molecule has 3 nitrogen and oxygen atoms in total. The van der Waals surface area contributed by atoms with Crippen molar-refractivity contribution >= 4 is 5.78 Å². The lowest BCUT2D eigenvalue weighted by atomic mass is 9.96. The van der Waals surface area contributed by atoms with Crippen LogP contribution < -0.4 is 5.73 Å². The Balaban J connectivity index is 0.00000128. The van der Waals surface area contributed by atoms with Crippen molar-refractivity contribution in [3.63, 3.8) is 0 Å². The highest BCUT2D eigenvalue weighted by atomic mass is 16.6. The maximum absolute atomic E-state index is 11.8. The summed E-state index contributed by atoms with van der Waals surface area (Å²) < 4.78 is 5.09. The molecule has 3 heteroatoms. The predicted molar refractivity (Wildman–Crippen MR) is 64.2 cm³/mol. The Morgan fingerprint density at radius 3 is 2.56 bits per heavy atom. The van der Waals surface area contributed by atoms with Crippen molar-refractivity contribution < 1.29 is 9.53 Å². The smallest absolute Gasteiger partial charge is 0.183 e. The van der Waals surface area contributed by atoms with Crippen LogP contribution in [-0.4, -0.2) is 24.0 Å². The summed E-state index contributed by atoms with van der Waals surface area (Å²) in [4.78, 5) is 11.8.